The zero-order chi connectivity index (χ0) is 13.9. The molecular weight excluding hydrogens is 252 g/mol. The topological polar surface area (TPSA) is 90.3 Å². The van der Waals surface area contributed by atoms with Crippen LogP contribution in [-0.2, 0) is 12.8 Å². The van der Waals surface area contributed by atoms with E-state index >= 15 is 0 Å². The van der Waals surface area contributed by atoms with Crippen LogP contribution in [0.1, 0.15) is 48.5 Å². The van der Waals surface area contributed by atoms with E-state index in [0.29, 0.717) is 11.4 Å². The number of nitriles is 1. The van der Waals surface area contributed by atoms with E-state index in [1.807, 2.05) is 13.0 Å². The van der Waals surface area contributed by atoms with E-state index < -0.39 is 0 Å². The number of pyridine rings is 1. The van der Waals surface area contributed by atoms with Crippen LogP contribution in [0.5, 0.6) is 0 Å². The maximum Gasteiger partial charge on any atom is 0.146 e. The summed E-state index contributed by atoms with van der Waals surface area (Å²) in [5, 5.41) is 19.2. The van der Waals surface area contributed by atoms with E-state index in [9.17, 15) is 5.26 Å². The molecule has 0 aliphatic heterocycles. The fraction of sp³-hybridized carbons (Fsp3) is 0.429. The van der Waals surface area contributed by atoms with Crippen LogP contribution in [0.2, 0.25) is 0 Å². The Morgan fingerprint density at radius 2 is 2.25 bits per heavy atom. The molecule has 2 aromatic rings. The summed E-state index contributed by atoms with van der Waals surface area (Å²) in [7, 11) is 0. The number of nitrogens with one attached hydrogen (secondary N) is 2. The van der Waals surface area contributed by atoms with Gasteiger partial charge in [-0.3, -0.25) is 5.10 Å². The predicted molar refractivity (Wildman–Crippen MR) is 74.0 cm³/mol. The molecule has 1 aliphatic rings. The Morgan fingerprint density at radius 3 is 3.00 bits per heavy atom. The lowest BCUT2D eigenvalue weighted by Crippen LogP contribution is -2.14. The van der Waals surface area contributed by atoms with Gasteiger partial charge in [0.25, 0.3) is 0 Å². The number of hydrogen-bond donors (Lipinski definition) is 2. The number of aromatic amines is 1. The van der Waals surface area contributed by atoms with Gasteiger partial charge >= 0.3 is 0 Å². The molecule has 0 saturated heterocycles. The van der Waals surface area contributed by atoms with Gasteiger partial charge in [-0.1, -0.05) is 0 Å². The van der Waals surface area contributed by atoms with Crippen LogP contribution in [-0.4, -0.2) is 20.2 Å². The van der Waals surface area contributed by atoms with Crippen LogP contribution >= 0.6 is 0 Å². The molecule has 0 spiro atoms. The highest BCUT2D eigenvalue weighted by Crippen LogP contribution is 2.26. The van der Waals surface area contributed by atoms with Crippen molar-refractivity contribution in [2.24, 2.45) is 0 Å². The Morgan fingerprint density at radius 1 is 1.40 bits per heavy atom. The maximum absolute atomic E-state index is 9.30. The second kappa shape index (κ2) is 5.29. The fourth-order valence-corrected chi connectivity index (χ4v) is 2.53. The van der Waals surface area contributed by atoms with Gasteiger partial charge in [0, 0.05) is 5.69 Å². The minimum Gasteiger partial charge on any atom is -0.359 e. The summed E-state index contributed by atoms with van der Waals surface area (Å²) >= 11 is 0. The van der Waals surface area contributed by atoms with Crippen molar-refractivity contribution in [3.8, 4) is 6.07 Å². The number of fused-ring (bicyclic) bond motifs is 1. The standard InChI is InChI=1S/C14H16N6/c1-9(13-16-8-17-20-13)18-14-11(7-15)6-10-4-2-3-5-12(10)19-14/h6,8-9H,2-5H2,1H3,(H,18,19)(H,16,17,20). The summed E-state index contributed by atoms with van der Waals surface area (Å²) in [6, 6.07) is 4.12. The Labute approximate surface area is 117 Å². The number of anilines is 1. The summed E-state index contributed by atoms with van der Waals surface area (Å²) in [6.07, 6.45) is 5.84. The van der Waals surface area contributed by atoms with Gasteiger partial charge < -0.3 is 5.32 Å². The quantitative estimate of drug-likeness (QED) is 0.889. The van der Waals surface area contributed by atoms with E-state index in [2.05, 4.69) is 31.6 Å². The smallest absolute Gasteiger partial charge is 0.146 e. The summed E-state index contributed by atoms with van der Waals surface area (Å²) in [4.78, 5) is 8.75. The minimum absolute atomic E-state index is 0.0706. The third-order valence-electron chi connectivity index (χ3n) is 3.62. The van der Waals surface area contributed by atoms with Gasteiger partial charge in [-0.15, -0.1) is 0 Å². The Kier molecular flexibility index (Phi) is 3.33. The summed E-state index contributed by atoms with van der Waals surface area (Å²) in [5.41, 5.74) is 2.92. The molecule has 1 atom stereocenters. The van der Waals surface area contributed by atoms with Crippen LogP contribution in [0.25, 0.3) is 0 Å². The lowest BCUT2D eigenvalue weighted by atomic mass is 9.95. The second-order valence-electron chi connectivity index (χ2n) is 5.05. The second-order valence-corrected chi connectivity index (χ2v) is 5.05. The Hall–Kier alpha value is -2.42. The number of aromatic nitrogens is 4. The first kappa shape index (κ1) is 12.6. The van der Waals surface area contributed by atoms with Gasteiger partial charge in [-0.2, -0.15) is 10.4 Å². The molecule has 6 nitrogen and oxygen atoms in total. The molecule has 0 bridgehead atoms. The van der Waals surface area contributed by atoms with E-state index in [4.69, 9.17) is 0 Å². The lowest BCUT2D eigenvalue weighted by molar-refractivity contribution is 0.666. The van der Waals surface area contributed by atoms with Gasteiger partial charge in [0.05, 0.1) is 11.6 Å². The first-order valence-corrected chi connectivity index (χ1v) is 6.82. The molecular formula is C14H16N6. The molecule has 6 heteroatoms. The largest absolute Gasteiger partial charge is 0.359 e. The molecule has 1 unspecified atom stereocenters. The third-order valence-corrected chi connectivity index (χ3v) is 3.62. The van der Waals surface area contributed by atoms with Crippen molar-refractivity contribution < 1.29 is 0 Å². The first-order chi connectivity index (χ1) is 9.78. The Balaban J connectivity index is 1.90. The van der Waals surface area contributed by atoms with E-state index in [0.717, 1.165) is 24.4 Å². The molecule has 0 saturated carbocycles. The summed E-state index contributed by atoms with van der Waals surface area (Å²) < 4.78 is 0. The molecule has 20 heavy (non-hydrogen) atoms. The van der Waals surface area contributed by atoms with Gasteiger partial charge in [-0.25, -0.2) is 9.97 Å². The number of nitrogens with zero attached hydrogens (tertiary/aromatic N) is 4. The van der Waals surface area contributed by atoms with Crippen molar-refractivity contribution in [3.05, 3.63) is 35.0 Å². The van der Waals surface area contributed by atoms with E-state index in [1.54, 1.807) is 0 Å². The zero-order valence-electron chi connectivity index (χ0n) is 11.3. The van der Waals surface area contributed by atoms with Crippen molar-refractivity contribution in [3.63, 3.8) is 0 Å². The van der Waals surface area contributed by atoms with Crippen LogP contribution in [0, 0.1) is 11.3 Å². The van der Waals surface area contributed by atoms with Crippen LogP contribution in [0.4, 0.5) is 5.82 Å². The van der Waals surface area contributed by atoms with Crippen molar-refractivity contribution in [2.75, 3.05) is 5.32 Å². The monoisotopic (exact) mass is 268 g/mol. The highest BCUT2D eigenvalue weighted by molar-refractivity contribution is 5.55. The van der Waals surface area contributed by atoms with Crippen molar-refractivity contribution in [2.45, 2.75) is 38.6 Å². The SMILES string of the molecule is CC(Nc1nc2c(cc1C#N)CCCC2)c1ncn[nH]1. The molecule has 0 amide bonds. The van der Waals surface area contributed by atoms with Crippen LogP contribution in [0.15, 0.2) is 12.4 Å². The van der Waals surface area contributed by atoms with E-state index in [1.165, 1.54) is 24.7 Å². The zero-order valence-corrected chi connectivity index (χ0v) is 11.3. The van der Waals surface area contributed by atoms with Gasteiger partial charge in [0.15, 0.2) is 0 Å². The van der Waals surface area contributed by atoms with Crippen LogP contribution in [0.3, 0.4) is 0 Å². The molecule has 0 fully saturated rings. The highest BCUT2D eigenvalue weighted by Gasteiger charge is 2.17. The lowest BCUT2D eigenvalue weighted by Gasteiger charge is -2.19. The van der Waals surface area contributed by atoms with Gasteiger partial charge in [-0.05, 0) is 44.2 Å². The fourth-order valence-electron chi connectivity index (χ4n) is 2.53. The van der Waals surface area contributed by atoms with Crippen LogP contribution < -0.4 is 5.32 Å². The number of H-pyrrole nitrogens is 1. The minimum atomic E-state index is -0.0706. The summed E-state index contributed by atoms with van der Waals surface area (Å²) in [6.45, 7) is 1.96. The summed E-state index contributed by atoms with van der Waals surface area (Å²) in [5.74, 6) is 1.37. The normalized spacial score (nSPS) is 15.2. The molecule has 2 heterocycles. The number of rotatable bonds is 3. The molecule has 102 valence electrons. The first-order valence-electron chi connectivity index (χ1n) is 6.82. The molecule has 3 rings (SSSR count). The molecule has 0 aromatic carbocycles. The predicted octanol–water partition coefficient (Wildman–Crippen LogP) is 2.12. The number of aryl methyl sites for hydroxylation is 2. The molecule has 2 aromatic heterocycles. The molecule has 0 radical (unpaired) electrons. The van der Waals surface area contributed by atoms with Gasteiger partial charge in [0.1, 0.15) is 24.0 Å². The number of hydrogen-bond acceptors (Lipinski definition) is 5. The average molecular weight is 268 g/mol. The highest BCUT2D eigenvalue weighted by atomic mass is 15.2. The average Bonchev–Trinajstić information content (AvgIpc) is 3.01. The Bertz CT molecular complexity index is 640. The third kappa shape index (κ3) is 2.35. The van der Waals surface area contributed by atoms with E-state index in [-0.39, 0.29) is 6.04 Å². The van der Waals surface area contributed by atoms with Crippen molar-refractivity contribution >= 4 is 5.82 Å². The molecule has 2 N–H and O–H groups in total. The van der Waals surface area contributed by atoms with Gasteiger partial charge in [0.2, 0.25) is 0 Å². The van der Waals surface area contributed by atoms with Crippen molar-refractivity contribution in [1.82, 2.24) is 20.2 Å². The maximum atomic E-state index is 9.30. The molecule has 1 aliphatic carbocycles. The van der Waals surface area contributed by atoms with Crippen molar-refractivity contribution in [1.29, 1.82) is 5.26 Å².